The van der Waals surface area contributed by atoms with Crippen molar-refractivity contribution in [3.63, 3.8) is 0 Å². The molecule has 0 saturated carbocycles. The van der Waals surface area contributed by atoms with E-state index in [0.29, 0.717) is 31.0 Å². The number of amides is 1. The Morgan fingerprint density at radius 3 is 2.96 bits per heavy atom. The molecule has 136 valence electrons. The van der Waals surface area contributed by atoms with Gasteiger partial charge in [-0.1, -0.05) is 11.2 Å². The van der Waals surface area contributed by atoms with E-state index in [1.54, 1.807) is 25.1 Å². The number of ether oxygens (including phenoxy) is 1. The fourth-order valence-corrected chi connectivity index (χ4v) is 3.32. The maximum atomic E-state index is 14.6. The minimum Gasteiger partial charge on any atom is -0.379 e. The van der Waals surface area contributed by atoms with Gasteiger partial charge >= 0.3 is 0 Å². The van der Waals surface area contributed by atoms with Gasteiger partial charge in [-0.05, 0) is 26.0 Å². The molecule has 26 heavy (non-hydrogen) atoms. The average Bonchev–Trinajstić information content (AvgIpc) is 3.29. The van der Waals surface area contributed by atoms with E-state index >= 15 is 0 Å². The first-order chi connectivity index (χ1) is 12.5. The lowest BCUT2D eigenvalue weighted by Crippen LogP contribution is -2.41. The lowest BCUT2D eigenvalue weighted by molar-refractivity contribution is 0.0915. The quantitative estimate of drug-likeness (QED) is 0.772. The Hall–Kier alpha value is -2.74. The summed E-state index contributed by atoms with van der Waals surface area (Å²) in [6, 6.07) is 6.83. The summed E-state index contributed by atoms with van der Waals surface area (Å²) in [7, 11) is 0. The van der Waals surface area contributed by atoms with Crippen LogP contribution in [-0.4, -0.2) is 39.7 Å². The van der Waals surface area contributed by atoms with Crippen LogP contribution < -0.4 is 5.32 Å². The third-order valence-corrected chi connectivity index (χ3v) is 4.65. The molecule has 0 unspecified atom stereocenters. The number of carbonyl (C=O) groups is 1. The van der Waals surface area contributed by atoms with Crippen LogP contribution in [0.2, 0.25) is 0 Å². The Kier molecular flexibility index (Phi) is 4.20. The van der Waals surface area contributed by atoms with E-state index in [1.807, 2.05) is 13.0 Å². The summed E-state index contributed by atoms with van der Waals surface area (Å²) in [5.74, 6) is -0.420. The van der Waals surface area contributed by atoms with Crippen LogP contribution in [0.1, 0.15) is 27.6 Å². The molecule has 1 aliphatic rings. The number of hydrogen-bond acceptors (Lipinski definition) is 5. The summed E-state index contributed by atoms with van der Waals surface area (Å²) in [5, 5.41) is 6.72. The van der Waals surface area contributed by atoms with E-state index in [0.717, 1.165) is 11.5 Å². The van der Waals surface area contributed by atoms with Gasteiger partial charge in [0.1, 0.15) is 11.4 Å². The third-order valence-electron chi connectivity index (χ3n) is 4.65. The molecule has 0 radical (unpaired) electrons. The van der Waals surface area contributed by atoms with Crippen LogP contribution in [0.25, 0.3) is 5.65 Å². The second kappa shape index (κ2) is 6.53. The van der Waals surface area contributed by atoms with Crippen molar-refractivity contribution in [3.05, 3.63) is 53.1 Å². The maximum absolute atomic E-state index is 14.6. The van der Waals surface area contributed by atoms with Crippen LogP contribution in [0.15, 0.2) is 28.8 Å². The molecule has 1 amide bonds. The fourth-order valence-electron chi connectivity index (χ4n) is 3.32. The molecule has 2 atom stereocenters. The Morgan fingerprint density at radius 2 is 2.23 bits per heavy atom. The molecule has 4 heterocycles. The predicted octanol–water partition coefficient (Wildman–Crippen LogP) is 2.07. The maximum Gasteiger partial charge on any atom is 0.274 e. The van der Waals surface area contributed by atoms with Crippen LogP contribution in [0.5, 0.6) is 0 Å². The topological polar surface area (TPSA) is 81.7 Å². The smallest absolute Gasteiger partial charge is 0.274 e. The number of pyridine rings is 1. The van der Waals surface area contributed by atoms with Gasteiger partial charge in [0.25, 0.3) is 5.91 Å². The average molecular weight is 358 g/mol. The number of nitrogens with one attached hydrogen (secondary N) is 1. The SMILES string of the molecule is Cc1cc(C[C@@H]2COC[C@@H]2NC(=O)c2nc3cccc(C)n3c2F)on1. The van der Waals surface area contributed by atoms with E-state index in [-0.39, 0.29) is 17.7 Å². The molecule has 0 spiro atoms. The van der Waals surface area contributed by atoms with Crippen LogP contribution in [0, 0.1) is 25.7 Å². The molecule has 4 rings (SSSR count). The lowest BCUT2D eigenvalue weighted by atomic mass is 9.98. The molecule has 1 saturated heterocycles. The molecule has 8 heteroatoms. The van der Waals surface area contributed by atoms with Gasteiger partial charge < -0.3 is 14.6 Å². The van der Waals surface area contributed by atoms with Crippen LogP contribution >= 0.6 is 0 Å². The van der Waals surface area contributed by atoms with Crippen molar-refractivity contribution in [2.45, 2.75) is 26.3 Å². The summed E-state index contributed by atoms with van der Waals surface area (Å²) >= 11 is 0. The molecule has 3 aromatic rings. The van der Waals surface area contributed by atoms with Gasteiger partial charge in [-0.2, -0.15) is 4.39 Å². The van der Waals surface area contributed by atoms with Crippen LogP contribution in [0.4, 0.5) is 4.39 Å². The highest BCUT2D eigenvalue weighted by atomic mass is 19.1. The number of aryl methyl sites for hydroxylation is 2. The normalized spacial score (nSPS) is 20.0. The zero-order chi connectivity index (χ0) is 18.3. The number of imidazole rings is 1. The number of halogens is 1. The van der Waals surface area contributed by atoms with E-state index in [9.17, 15) is 9.18 Å². The zero-order valence-electron chi connectivity index (χ0n) is 14.5. The highest BCUT2D eigenvalue weighted by Gasteiger charge is 2.32. The molecule has 1 fully saturated rings. The number of fused-ring (bicyclic) bond motifs is 1. The Morgan fingerprint density at radius 1 is 1.38 bits per heavy atom. The highest BCUT2D eigenvalue weighted by molar-refractivity contribution is 5.93. The van der Waals surface area contributed by atoms with Gasteiger partial charge in [0.05, 0.1) is 24.9 Å². The highest BCUT2D eigenvalue weighted by Crippen LogP contribution is 2.21. The number of carbonyl (C=O) groups excluding carboxylic acids is 1. The van der Waals surface area contributed by atoms with Gasteiger partial charge in [-0.15, -0.1) is 0 Å². The standard InChI is InChI=1S/C18H19FN4O3/c1-10-6-13(26-22-10)7-12-8-25-9-14(12)20-18(24)16-17(19)23-11(2)4-3-5-15(23)21-16/h3-6,12,14H,7-9H2,1-2H3,(H,20,24)/t12-,14+/m1/s1. The lowest BCUT2D eigenvalue weighted by Gasteiger charge is -2.17. The van der Waals surface area contributed by atoms with Crippen molar-refractivity contribution >= 4 is 11.6 Å². The molecule has 0 bridgehead atoms. The molecular weight excluding hydrogens is 339 g/mol. The van der Waals surface area contributed by atoms with E-state index < -0.39 is 11.9 Å². The van der Waals surface area contributed by atoms with Crippen LogP contribution in [-0.2, 0) is 11.2 Å². The largest absolute Gasteiger partial charge is 0.379 e. The number of rotatable bonds is 4. The molecule has 7 nitrogen and oxygen atoms in total. The van der Waals surface area contributed by atoms with Gasteiger partial charge in [-0.3, -0.25) is 9.20 Å². The van der Waals surface area contributed by atoms with Gasteiger partial charge in [0, 0.05) is 24.1 Å². The summed E-state index contributed by atoms with van der Waals surface area (Å²) in [5.41, 5.74) is 1.68. The second-order valence-electron chi connectivity index (χ2n) is 6.63. The third kappa shape index (κ3) is 2.96. The van der Waals surface area contributed by atoms with Gasteiger partial charge in [0.15, 0.2) is 5.69 Å². The molecule has 0 aliphatic carbocycles. The van der Waals surface area contributed by atoms with E-state index in [1.165, 1.54) is 4.40 Å². The Balaban J connectivity index is 1.52. The first-order valence-electron chi connectivity index (χ1n) is 8.47. The summed E-state index contributed by atoms with van der Waals surface area (Å²) < 4.78 is 26.7. The molecule has 0 aromatic carbocycles. The zero-order valence-corrected chi connectivity index (χ0v) is 14.5. The van der Waals surface area contributed by atoms with Crippen molar-refractivity contribution < 1.29 is 18.4 Å². The van der Waals surface area contributed by atoms with E-state index in [2.05, 4.69) is 15.5 Å². The molecular formula is C18H19FN4O3. The van der Waals surface area contributed by atoms with Crippen molar-refractivity contribution in [2.24, 2.45) is 5.92 Å². The van der Waals surface area contributed by atoms with Crippen molar-refractivity contribution in [3.8, 4) is 0 Å². The first-order valence-corrected chi connectivity index (χ1v) is 8.47. The van der Waals surface area contributed by atoms with E-state index in [4.69, 9.17) is 9.26 Å². The minimum absolute atomic E-state index is 0.0353. The molecule has 3 aromatic heterocycles. The first kappa shape index (κ1) is 16.7. The van der Waals surface area contributed by atoms with Gasteiger partial charge in [-0.25, -0.2) is 4.98 Å². The molecule has 1 aliphatic heterocycles. The predicted molar refractivity (Wildman–Crippen MR) is 90.4 cm³/mol. The van der Waals surface area contributed by atoms with Crippen molar-refractivity contribution in [2.75, 3.05) is 13.2 Å². The van der Waals surface area contributed by atoms with Gasteiger partial charge in [0.2, 0.25) is 5.95 Å². The number of nitrogens with zero attached hydrogens (tertiary/aromatic N) is 3. The monoisotopic (exact) mass is 358 g/mol. The fraction of sp³-hybridized carbons (Fsp3) is 0.389. The molecule has 1 N–H and O–H groups in total. The number of aromatic nitrogens is 3. The summed E-state index contributed by atoms with van der Waals surface area (Å²) in [6.45, 7) is 4.49. The Bertz CT molecular complexity index is 965. The summed E-state index contributed by atoms with van der Waals surface area (Å²) in [6.07, 6.45) is 0.596. The second-order valence-corrected chi connectivity index (χ2v) is 6.63. The van der Waals surface area contributed by atoms with Crippen molar-refractivity contribution in [1.29, 1.82) is 0 Å². The number of hydrogen-bond donors (Lipinski definition) is 1. The van der Waals surface area contributed by atoms with Crippen LogP contribution in [0.3, 0.4) is 0 Å². The summed E-state index contributed by atoms with van der Waals surface area (Å²) in [4.78, 5) is 16.7. The van der Waals surface area contributed by atoms with Crippen molar-refractivity contribution in [1.82, 2.24) is 19.9 Å². The minimum atomic E-state index is -0.656. The Labute approximate surface area is 149 Å².